The Hall–Kier alpha value is -2.21. The Morgan fingerprint density at radius 3 is 2.72 bits per heavy atom. The molecule has 2 aromatic heterocycles. The first-order chi connectivity index (χ1) is 12.1. The van der Waals surface area contributed by atoms with E-state index in [1.165, 1.54) is 6.42 Å². The van der Waals surface area contributed by atoms with Crippen molar-refractivity contribution in [2.45, 2.75) is 51.7 Å². The third-order valence-electron chi connectivity index (χ3n) is 4.75. The van der Waals surface area contributed by atoms with Gasteiger partial charge in [0, 0.05) is 25.5 Å². The topological polar surface area (TPSA) is 60.3 Å². The molecule has 134 valence electrons. The minimum Gasteiger partial charge on any atom is -0.365 e. The molecule has 2 aromatic rings. The molecule has 1 aliphatic rings. The average molecular weight is 342 g/mol. The maximum absolute atomic E-state index is 12.9. The molecule has 0 N–H and O–H groups in total. The second kappa shape index (κ2) is 8.25. The molecule has 0 unspecified atom stereocenters. The Bertz CT molecular complexity index is 690. The van der Waals surface area contributed by atoms with Crippen molar-refractivity contribution >= 4 is 11.7 Å². The van der Waals surface area contributed by atoms with E-state index >= 15 is 0 Å². The van der Waals surface area contributed by atoms with Gasteiger partial charge in [-0.3, -0.25) is 14.4 Å². The van der Waals surface area contributed by atoms with Crippen LogP contribution in [0.25, 0.3) is 0 Å². The molecule has 0 bridgehead atoms. The number of anilines is 1. The van der Waals surface area contributed by atoms with Gasteiger partial charge in [-0.15, -0.1) is 0 Å². The first kappa shape index (κ1) is 17.6. The zero-order valence-electron chi connectivity index (χ0n) is 15.0. The Labute approximate surface area is 148 Å². The molecule has 0 radical (unpaired) electrons. The second-order valence-corrected chi connectivity index (χ2v) is 6.69. The normalized spacial score (nSPS) is 15.3. The molecule has 3 rings (SSSR count). The first-order valence-electron chi connectivity index (χ1n) is 8.94. The van der Waals surface area contributed by atoms with E-state index < -0.39 is 0 Å². The van der Waals surface area contributed by atoms with E-state index in [1.54, 1.807) is 10.9 Å². The first-order valence-corrected chi connectivity index (χ1v) is 8.94. The predicted octanol–water partition coefficient (Wildman–Crippen LogP) is 3.01. The van der Waals surface area contributed by atoms with Crippen LogP contribution in [0.3, 0.4) is 0 Å². The zero-order chi connectivity index (χ0) is 17.6. The van der Waals surface area contributed by atoms with Crippen LogP contribution in [0.15, 0.2) is 30.6 Å². The SMILES string of the molecule is Cc1ccc(N(C(=O)COCc2ccnn2C)C2CCCCC2)nc1. The number of aromatic nitrogens is 3. The summed E-state index contributed by atoms with van der Waals surface area (Å²) in [6, 6.07) is 6.05. The van der Waals surface area contributed by atoms with Gasteiger partial charge in [-0.25, -0.2) is 4.98 Å². The van der Waals surface area contributed by atoms with Gasteiger partial charge in [0.15, 0.2) is 0 Å². The van der Waals surface area contributed by atoms with Crippen LogP contribution in [0, 0.1) is 6.92 Å². The molecule has 2 heterocycles. The Kier molecular flexibility index (Phi) is 5.81. The fourth-order valence-electron chi connectivity index (χ4n) is 3.32. The van der Waals surface area contributed by atoms with Crippen LogP contribution in [0.4, 0.5) is 5.82 Å². The third-order valence-corrected chi connectivity index (χ3v) is 4.75. The number of hydrogen-bond acceptors (Lipinski definition) is 4. The fraction of sp³-hybridized carbons (Fsp3) is 0.526. The monoisotopic (exact) mass is 342 g/mol. The molecule has 0 aromatic carbocycles. The number of pyridine rings is 1. The van der Waals surface area contributed by atoms with Crippen LogP contribution in [-0.2, 0) is 23.2 Å². The van der Waals surface area contributed by atoms with Crippen molar-refractivity contribution in [3.63, 3.8) is 0 Å². The molecule has 6 heteroatoms. The largest absolute Gasteiger partial charge is 0.365 e. The Morgan fingerprint density at radius 1 is 1.28 bits per heavy atom. The van der Waals surface area contributed by atoms with Crippen LogP contribution in [0.5, 0.6) is 0 Å². The van der Waals surface area contributed by atoms with Crippen LogP contribution in [0.2, 0.25) is 0 Å². The second-order valence-electron chi connectivity index (χ2n) is 6.69. The highest BCUT2D eigenvalue weighted by Crippen LogP contribution is 2.26. The van der Waals surface area contributed by atoms with Gasteiger partial charge in [-0.05, 0) is 37.5 Å². The highest BCUT2D eigenvalue weighted by atomic mass is 16.5. The summed E-state index contributed by atoms with van der Waals surface area (Å²) in [5.41, 5.74) is 2.04. The van der Waals surface area contributed by atoms with Crippen molar-refractivity contribution in [2.75, 3.05) is 11.5 Å². The summed E-state index contributed by atoms with van der Waals surface area (Å²) in [7, 11) is 1.87. The molecule has 0 aliphatic heterocycles. The van der Waals surface area contributed by atoms with Gasteiger partial charge in [0.05, 0.1) is 12.3 Å². The quantitative estimate of drug-likeness (QED) is 0.810. The molecule has 0 spiro atoms. The summed E-state index contributed by atoms with van der Waals surface area (Å²) >= 11 is 0. The molecular weight excluding hydrogens is 316 g/mol. The van der Waals surface area contributed by atoms with Crippen molar-refractivity contribution in [1.82, 2.24) is 14.8 Å². The molecular formula is C19H26N4O2. The van der Waals surface area contributed by atoms with Gasteiger partial charge in [0.25, 0.3) is 5.91 Å². The molecule has 1 saturated carbocycles. The number of amides is 1. The molecule has 1 amide bonds. The summed E-state index contributed by atoms with van der Waals surface area (Å²) in [5, 5.41) is 4.11. The van der Waals surface area contributed by atoms with Crippen molar-refractivity contribution in [3.8, 4) is 0 Å². The summed E-state index contributed by atoms with van der Waals surface area (Å²) in [6.45, 7) is 2.43. The minimum absolute atomic E-state index is 0.0228. The maximum atomic E-state index is 12.9. The standard InChI is InChI=1S/C19H26N4O2/c1-15-8-9-18(20-12-15)23(16-6-4-3-5-7-16)19(24)14-25-13-17-10-11-21-22(17)2/h8-12,16H,3-7,13-14H2,1-2H3. The van der Waals surface area contributed by atoms with E-state index in [9.17, 15) is 4.79 Å². The van der Waals surface area contributed by atoms with Crippen LogP contribution in [0.1, 0.15) is 43.4 Å². The highest BCUT2D eigenvalue weighted by molar-refractivity contribution is 5.94. The van der Waals surface area contributed by atoms with Gasteiger partial charge in [0.1, 0.15) is 12.4 Å². The van der Waals surface area contributed by atoms with E-state index in [2.05, 4.69) is 10.1 Å². The van der Waals surface area contributed by atoms with E-state index in [-0.39, 0.29) is 18.6 Å². The smallest absolute Gasteiger partial charge is 0.254 e. The number of ether oxygens (including phenoxy) is 1. The molecule has 1 aliphatic carbocycles. The number of aryl methyl sites for hydroxylation is 2. The Balaban J connectivity index is 1.68. The Morgan fingerprint density at radius 2 is 2.08 bits per heavy atom. The molecule has 1 fully saturated rings. The third kappa shape index (κ3) is 4.45. The lowest BCUT2D eigenvalue weighted by Crippen LogP contribution is -2.44. The zero-order valence-corrected chi connectivity index (χ0v) is 15.0. The highest BCUT2D eigenvalue weighted by Gasteiger charge is 2.27. The average Bonchev–Trinajstić information content (AvgIpc) is 3.03. The molecule has 6 nitrogen and oxygen atoms in total. The lowest BCUT2D eigenvalue weighted by Gasteiger charge is -2.33. The summed E-state index contributed by atoms with van der Waals surface area (Å²) < 4.78 is 7.41. The van der Waals surface area contributed by atoms with E-state index in [0.29, 0.717) is 6.61 Å². The van der Waals surface area contributed by atoms with Gasteiger partial charge in [-0.2, -0.15) is 5.10 Å². The van der Waals surface area contributed by atoms with Crippen LogP contribution in [-0.4, -0.2) is 33.3 Å². The minimum atomic E-state index is -0.0228. The number of carbonyl (C=O) groups excluding carboxylic acids is 1. The number of hydrogen-bond donors (Lipinski definition) is 0. The van der Waals surface area contributed by atoms with Crippen molar-refractivity contribution in [2.24, 2.45) is 7.05 Å². The van der Waals surface area contributed by atoms with Crippen molar-refractivity contribution in [3.05, 3.63) is 41.9 Å². The van der Waals surface area contributed by atoms with Gasteiger partial charge in [0.2, 0.25) is 0 Å². The molecule has 25 heavy (non-hydrogen) atoms. The number of nitrogens with zero attached hydrogens (tertiary/aromatic N) is 4. The number of carbonyl (C=O) groups is 1. The molecule has 0 saturated heterocycles. The maximum Gasteiger partial charge on any atom is 0.254 e. The van der Waals surface area contributed by atoms with Crippen LogP contribution >= 0.6 is 0 Å². The van der Waals surface area contributed by atoms with Gasteiger partial charge >= 0.3 is 0 Å². The van der Waals surface area contributed by atoms with E-state index in [4.69, 9.17) is 4.74 Å². The lowest BCUT2D eigenvalue weighted by atomic mass is 9.94. The van der Waals surface area contributed by atoms with Gasteiger partial charge < -0.3 is 4.74 Å². The van der Waals surface area contributed by atoms with Crippen molar-refractivity contribution in [1.29, 1.82) is 0 Å². The van der Waals surface area contributed by atoms with Crippen molar-refractivity contribution < 1.29 is 9.53 Å². The summed E-state index contributed by atoms with van der Waals surface area (Å²) in [4.78, 5) is 19.2. The van der Waals surface area contributed by atoms with Gasteiger partial charge in [-0.1, -0.05) is 25.3 Å². The van der Waals surface area contributed by atoms with Crippen LogP contribution < -0.4 is 4.90 Å². The summed E-state index contributed by atoms with van der Waals surface area (Å²) in [6.07, 6.45) is 9.18. The van der Waals surface area contributed by atoms with E-state index in [1.807, 2.05) is 43.3 Å². The summed E-state index contributed by atoms with van der Waals surface area (Å²) in [5.74, 6) is 0.706. The number of rotatable bonds is 6. The molecule has 0 atom stereocenters. The predicted molar refractivity (Wildman–Crippen MR) is 96.2 cm³/mol. The fourth-order valence-corrected chi connectivity index (χ4v) is 3.32. The lowest BCUT2D eigenvalue weighted by molar-refractivity contribution is -0.124. The van der Waals surface area contributed by atoms with E-state index in [0.717, 1.165) is 42.8 Å².